The third kappa shape index (κ3) is 4.55. The SMILES string of the molecule is CN(Cc1ccccc1)C1CCN(CC[C@H]2CCOC2)CC1. The third-order valence-corrected chi connectivity index (χ3v) is 5.33. The fourth-order valence-electron chi connectivity index (χ4n) is 3.76. The number of hydrogen-bond acceptors (Lipinski definition) is 3. The minimum Gasteiger partial charge on any atom is -0.381 e. The zero-order chi connectivity index (χ0) is 15.2. The van der Waals surface area contributed by atoms with Crippen LogP contribution in [-0.2, 0) is 11.3 Å². The van der Waals surface area contributed by atoms with E-state index >= 15 is 0 Å². The summed E-state index contributed by atoms with van der Waals surface area (Å²) >= 11 is 0. The lowest BCUT2D eigenvalue weighted by Crippen LogP contribution is -2.43. The van der Waals surface area contributed by atoms with Crippen molar-refractivity contribution in [3.05, 3.63) is 35.9 Å². The molecule has 2 fully saturated rings. The normalized spacial score (nSPS) is 24.2. The zero-order valence-corrected chi connectivity index (χ0v) is 13.9. The Balaban J connectivity index is 1.37. The first kappa shape index (κ1) is 16.0. The summed E-state index contributed by atoms with van der Waals surface area (Å²) in [4.78, 5) is 5.20. The Labute approximate surface area is 135 Å². The molecule has 0 amide bonds. The predicted molar refractivity (Wildman–Crippen MR) is 90.9 cm³/mol. The molecule has 0 aromatic heterocycles. The summed E-state index contributed by atoms with van der Waals surface area (Å²) in [5.74, 6) is 0.818. The van der Waals surface area contributed by atoms with Gasteiger partial charge in [-0.3, -0.25) is 4.90 Å². The van der Waals surface area contributed by atoms with E-state index in [0.29, 0.717) is 0 Å². The summed E-state index contributed by atoms with van der Waals surface area (Å²) in [6, 6.07) is 11.6. The lowest BCUT2D eigenvalue weighted by atomic mass is 10.0. The second kappa shape index (κ2) is 8.09. The van der Waals surface area contributed by atoms with E-state index in [1.807, 2.05) is 0 Å². The van der Waals surface area contributed by atoms with Crippen molar-refractivity contribution in [3.63, 3.8) is 0 Å². The monoisotopic (exact) mass is 302 g/mol. The molecule has 0 radical (unpaired) electrons. The predicted octanol–water partition coefficient (Wildman–Crippen LogP) is 3.01. The molecule has 1 atom stereocenters. The number of benzene rings is 1. The minimum atomic E-state index is 0.742. The molecule has 0 bridgehead atoms. The quantitative estimate of drug-likeness (QED) is 0.803. The molecule has 0 unspecified atom stereocenters. The average Bonchev–Trinajstić information content (AvgIpc) is 3.08. The van der Waals surface area contributed by atoms with Gasteiger partial charge in [-0.2, -0.15) is 0 Å². The molecule has 3 rings (SSSR count). The summed E-state index contributed by atoms with van der Waals surface area (Å²) in [5.41, 5.74) is 1.42. The Morgan fingerprint density at radius 1 is 1.14 bits per heavy atom. The molecule has 3 heteroatoms. The molecule has 2 aliphatic heterocycles. The van der Waals surface area contributed by atoms with Crippen molar-refractivity contribution < 1.29 is 4.74 Å². The molecular formula is C19H30N2O. The first-order valence-corrected chi connectivity index (χ1v) is 8.85. The van der Waals surface area contributed by atoms with Crippen molar-refractivity contribution >= 4 is 0 Å². The lowest BCUT2D eigenvalue weighted by molar-refractivity contribution is 0.117. The highest BCUT2D eigenvalue weighted by Gasteiger charge is 2.23. The van der Waals surface area contributed by atoms with Crippen LogP contribution in [0.3, 0.4) is 0 Å². The van der Waals surface area contributed by atoms with E-state index in [0.717, 1.165) is 31.7 Å². The number of piperidine rings is 1. The van der Waals surface area contributed by atoms with Gasteiger partial charge in [0.1, 0.15) is 0 Å². The molecule has 22 heavy (non-hydrogen) atoms. The Kier molecular flexibility index (Phi) is 5.88. The van der Waals surface area contributed by atoms with Crippen LogP contribution in [-0.4, -0.2) is 55.7 Å². The zero-order valence-electron chi connectivity index (χ0n) is 13.9. The van der Waals surface area contributed by atoms with Gasteiger partial charge in [-0.25, -0.2) is 0 Å². The van der Waals surface area contributed by atoms with Gasteiger partial charge in [0.05, 0.1) is 0 Å². The van der Waals surface area contributed by atoms with Crippen LogP contribution in [0.1, 0.15) is 31.2 Å². The summed E-state index contributed by atoms with van der Waals surface area (Å²) in [6.45, 7) is 6.84. The van der Waals surface area contributed by atoms with Crippen molar-refractivity contribution in [2.45, 2.75) is 38.3 Å². The van der Waals surface area contributed by atoms with Gasteiger partial charge in [0.2, 0.25) is 0 Å². The molecular weight excluding hydrogens is 272 g/mol. The van der Waals surface area contributed by atoms with Gasteiger partial charge in [-0.1, -0.05) is 30.3 Å². The van der Waals surface area contributed by atoms with Crippen molar-refractivity contribution in [1.82, 2.24) is 9.80 Å². The topological polar surface area (TPSA) is 15.7 Å². The Hall–Kier alpha value is -0.900. The smallest absolute Gasteiger partial charge is 0.0495 e. The summed E-state index contributed by atoms with van der Waals surface area (Å²) in [5, 5.41) is 0. The maximum Gasteiger partial charge on any atom is 0.0495 e. The maximum absolute atomic E-state index is 5.48. The van der Waals surface area contributed by atoms with Gasteiger partial charge in [-0.05, 0) is 63.8 Å². The van der Waals surface area contributed by atoms with E-state index in [9.17, 15) is 0 Å². The summed E-state index contributed by atoms with van der Waals surface area (Å²) in [6.07, 6.45) is 5.22. The number of ether oxygens (including phenoxy) is 1. The Morgan fingerprint density at radius 2 is 1.91 bits per heavy atom. The van der Waals surface area contributed by atoms with Crippen molar-refractivity contribution in [3.8, 4) is 0 Å². The number of rotatable bonds is 6. The van der Waals surface area contributed by atoms with Crippen molar-refractivity contribution in [2.75, 3.05) is 39.9 Å². The number of nitrogens with zero attached hydrogens (tertiary/aromatic N) is 2. The highest BCUT2D eigenvalue weighted by molar-refractivity contribution is 5.14. The van der Waals surface area contributed by atoms with Crippen LogP contribution in [0, 0.1) is 5.92 Å². The van der Waals surface area contributed by atoms with Crippen LogP contribution < -0.4 is 0 Å². The molecule has 1 aromatic carbocycles. The van der Waals surface area contributed by atoms with Crippen LogP contribution in [0.2, 0.25) is 0 Å². The first-order valence-electron chi connectivity index (χ1n) is 8.85. The van der Waals surface area contributed by atoms with E-state index in [-0.39, 0.29) is 0 Å². The standard InChI is InChI=1S/C19H30N2O/c1-20(15-17-5-3-2-4-6-17)19-8-12-21(13-9-19)11-7-18-10-14-22-16-18/h2-6,18-19H,7-16H2,1H3/t18-/m0/s1. The number of hydrogen-bond donors (Lipinski definition) is 0. The molecule has 1 aromatic rings. The van der Waals surface area contributed by atoms with E-state index in [1.54, 1.807) is 0 Å². The lowest BCUT2D eigenvalue weighted by Gasteiger charge is -2.37. The second-order valence-corrected chi connectivity index (χ2v) is 6.99. The average molecular weight is 302 g/mol. The Morgan fingerprint density at radius 3 is 2.59 bits per heavy atom. The minimum absolute atomic E-state index is 0.742. The first-order chi connectivity index (χ1) is 10.8. The molecule has 0 saturated carbocycles. The highest BCUT2D eigenvalue weighted by Crippen LogP contribution is 2.20. The second-order valence-electron chi connectivity index (χ2n) is 6.99. The highest BCUT2D eigenvalue weighted by atomic mass is 16.5. The van der Waals surface area contributed by atoms with Crippen molar-refractivity contribution in [1.29, 1.82) is 0 Å². The largest absolute Gasteiger partial charge is 0.381 e. The Bertz CT molecular complexity index is 422. The van der Waals surface area contributed by atoms with Crippen molar-refractivity contribution in [2.24, 2.45) is 5.92 Å². The van der Waals surface area contributed by atoms with E-state index in [1.165, 1.54) is 50.9 Å². The maximum atomic E-state index is 5.48. The van der Waals surface area contributed by atoms with Gasteiger partial charge in [-0.15, -0.1) is 0 Å². The van der Waals surface area contributed by atoms with Crippen LogP contribution in [0.5, 0.6) is 0 Å². The van der Waals surface area contributed by atoms with Crippen LogP contribution in [0.15, 0.2) is 30.3 Å². The van der Waals surface area contributed by atoms with Crippen LogP contribution in [0.4, 0.5) is 0 Å². The van der Waals surface area contributed by atoms with E-state index in [2.05, 4.69) is 47.2 Å². The third-order valence-electron chi connectivity index (χ3n) is 5.33. The van der Waals surface area contributed by atoms with Crippen LogP contribution >= 0.6 is 0 Å². The molecule has 0 aliphatic carbocycles. The molecule has 0 N–H and O–H groups in total. The molecule has 2 saturated heterocycles. The molecule has 2 heterocycles. The van der Waals surface area contributed by atoms with E-state index in [4.69, 9.17) is 4.74 Å². The van der Waals surface area contributed by atoms with Gasteiger partial charge in [0.25, 0.3) is 0 Å². The van der Waals surface area contributed by atoms with E-state index < -0.39 is 0 Å². The number of likely N-dealkylation sites (tertiary alicyclic amines) is 1. The van der Waals surface area contributed by atoms with Gasteiger partial charge < -0.3 is 9.64 Å². The molecule has 122 valence electrons. The van der Waals surface area contributed by atoms with Gasteiger partial charge in [0, 0.05) is 25.8 Å². The fraction of sp³-hybridized carbons (Fsp3) is 0.684. The van der Waals surface area contributed by atoms with Gasteiger partial charge in [0.15, 0.2) is 0 Å². The summed E-state index contributed by atoms with van der Waals surface area (Å²) in [7, 11) is 2.28. The fourth-order valence-corrected chi connectivity index (χ4v) is 3.76. The summed E-state index contributed by atoms with van der Waals surface area (Å²) < 4.78 is 5.48. The molecule has 0 spiro atoms. The van der Waals surface area contributed by atoms with Gasteiger partial charge >= 0.3 is 0 Å². The van der Waals surface area contributed by atoms with Crippen LogP contribution in [0.25, 0.3) is 0 Å². The molecule has 2 aliphatic rings. The molecule has 3 nitrogen and oxygen atoms in total.